The summed E-state index contributed by atoms with van der Waals surface area (Å²) in [6.07, 6.45) is -2.11. The molecule has 21 heavy (non-hydrogen) atoms. The highest BCUT2D eigenvalue weighted by Gasteiger charge is 2.34. The Labute approximate surface area is 117 Å². The SMILES string of the molecule is N#Cc1cn(CC(=O)O)cc1-c1ccccc1C(F)(F)F. The molecule has 0 unspecified atom stereocenters. The molecular weight excluding hydrogens is 285 g/mol. The fourth-order valence-electron chi connectivity index (χ4n) is 2.02. The van der Waals surface area contributed by atoms with E-state index in [2.05, 4.69) is 0 Å². The molecule has 0 bridgehead atoms. The van der Waals surface area contributed by atoms with E-state index in [1.807, 2.05) is 0 Å². The van der Waals surface area contributed by atoms with Crippen molar-refractivity contribution in [3.8, 4) is 17.2 Å². The Morgan fingerprint density at radius 3 is 2.48 bits per heavy atom. The summed E-state index contributed by atoms with van der Waals surface area (Å²) in [7, 11) is 0. The van der Waals surface area contributed by atoms with Crippen molar-refractivity contribution in [2.75, 3.05) is 0 Å². The van der Waals surface area contributed by atoms with Crippen molar-refractivity contribution in [2.24, 2.45) is 0 Å². The predicted octanol–water partition coefficient (Wildman–Crippen LogP) is 3.13. The molecule has 0 aliphatic carbocycles. The van der Waals surface area contributed by atoms with E-state index in [4.69, 9.17) is 10.4 Å². The molecule has 0 amide bonds. The van der Waals surface area contributed by atoms with Crippen LogP contribution in [0.2, 0.25) is 0 Å². The van der Waals surface area contributed by atoms with Gasteiger partial charge in [0.1, 0.15) is 12.6 Å². The van der Waals surface area contributed by atoms with Gasteiger partial charge >= 0.3 is 12.1 Å². The molecule has 1 N–H and O–H groups in total. The largest absolute Gasteiger partial charge is 0.480 e. The Morgan fingerprint density at radius 2 is 1.90 bits per heavy atom. The van der Waals surface area contributed by atoms with E-state index in [-0.39, 0.29) is 16.7 Å². The second-order valence-corrected chi connectivity index (χ2v) is 4.31. The fraction of sp³-hybridized carbons (Fsp3) is 0.143. The summed E-state index contributed by atoms with van der Waals surface area (Å²) in [5, 5.41) is 17.7. The average Bonchev–Trinajstić information content (AvgIpc) is 2.79. The summed E-state index contributed by atoms with van der Waals surface area (Å²) in [5.74, 6) is -1.15. The summed E-state index contributed by atoms with van der Waals surface area (Å²) in [6.45, 7) is -0.428. The first-order chi connectivity index (χ1) is 9.82. The van der Waals surface area contributed by atoms with Crippen molar-refractivity contribution in [3.63, 3.8) is 0 Å². The molecule has 0 fully saturated rings. The van der Waals surface area contributed by atoms with Crippen LogP contribution in [0.15, 0.2) is 36.7 Å². The van der Waals surface area contributed by atoms with Crippen LogP contribution in [-0.2, 0) is 17.5 Å². The van der Waals surface area contributed by atoms with Gasteiger partial charge in [0, 0.05) is 18.0 Å². The van der Waals surface area contributed by atoms with Gasteiger partial charge < -0.3 is 9.67 Å². The lowest BCUT2D eigenvalue weighted by Crippen LogP contribution is -2.07. The maximum atomic E-state index is 13.0. The van der Waals surface area contributed by atoms with Crippen molar-refractivity contribution in [3.05, 3.63) is 47.8 Å². The van der Waals surface area contributed by atoms with Crippen molar-refractivity contribution >= 4 is 5.97 Å². The van der Waals surface area contributed by atoms with Gasteiger partial charge in [-0.3, -0.25) is 4.79 Å². The molecule has 2 rings (SSSR count). The zero-order valence-corrected chi connectivity index (χ0v) is 10.6. The summed E-state index contributed by atoms with van der Waals surface area (Å²) in [4.78, 5) is 10.7. The van der Waals surface area contributed by atoms with Crippen molar-refractivity contribution in [1.29, 1.82) is 5.26 Å². The monoisotopic (exact) mass is 294 g/mol. The number of aromatic nitrogens is 1. The zero-order chi connectivity index (χ0) is 15.6. The van der Waals surface area contributed by atoms with Crippen LogP contribution in [0.3, 0.4) is 0 Å². The standard InChI is InChI=1S/C14H9F3N2O2/c15-14(16,17)12-4-2-1-3-10(12)11-7-19(8-13(20)21)6-9(11)5-18/h1-4,6-7H,8H2,(H,20,21). The molecule has 4 nitrogen and oxygen atoms in total. The molecule has 2 aromatic rings. The fourth-order valence-corrected chi connectivity index (χ4v) is 2.02. The average molecular weight is 294 g/mol. The minimum atomic E-state index is -4.56. The van der Waals surface area contributed by atoms with Gasteiger partial charge in [0.05, 0.1) is 11.1 Å². The highest BCUT2D eigenvalue weighted by Crippen LogP contribution is 2.38. The van der Waals surface area contributed by atoms with Crippen LogP contribution in [-0.4, -0.2) is 15.6 Å². The van der Waals surface area contributed by atoms with Crippen LogP contribution < -0.4 is 0 Å². The van der Waals surface area contributed by atoms with Crippen LogP contribution >= 0.6 is 0 Å². The molecule has 1 heterocycles. The first-order valence-corrected chi connectivity index (χ1v) is 5.81. The lowest BCUT2D eigenvalue weighted by molar-refractivity contribution is -0.138. The summed E-state index contributed by atoms with van der Waals surface area (Å²) >= 11 is 0. The number of aliphatic carboxylic acids is 1. The molecule has 0 aliphatic heterocycles. The second kappa shape index (κ2) is 5.32. The van der Waals surface area contributed by atoms with E-state index in [0.717, 1.165) is 6.07 Å². The smallest absolute Gasteiger partial charge is 0.417 e. The molecule has 0 saturated heterocycles. The van der Waals surface area contributed by atoms with E-state index >= 15 is 0 Å². The first-order valence-electron chi connectivity index (χ1n) is 5.81. The third kappa shape index (κ3) is 3.05. The number of carbonyl (C=O) groups is 1. The van der Waals surface area contributed by atoms with Gasteiger partial charge in [-0.15, -0.1) is 0 Å². The van der Waals surface area contributed by atoms with Crippen LogP contribution in [0.4, 0.5) is 13.2 Å². The van der Waals surface area contributed by atoms with Crippen LogP contribution in [0.5, 0.6) is 0 Å². The lowest BCUT2D eigenvalue weighted by Gasteiger charge is -2.11. The maximum Gasteiger partial charge on any atom is 0.417 e. The van der Waals surface area contributed by atoms with E-state index < -0.39 is 24.3 Å². The maximum absolute atomic E-state index is 13.0. The number of alkyl halides is 3. The topological polar surface area (TPSA) is 66.0 Å². The van der Waals surface area contributed by atoms with Crippen LogP contribution in [0.1, 0.15) is 11.1 Å². The summed E-state index contributed by atoms with van der Waals surface area (Å²) in [6, 6.07) is 6.65. The molecule has 0 saturated carbocycles. The van der Waals surface area contributed by atoms with Gasteiger partial charge in [0.25, 0.3) is 0 Å². The van der Waals surface area contributed by atoms with Crippen molar-refractivity contribution < 1.29 is 23.1 Å². The number of carboxylic acid groups (broad SMARTS) is 1. The lowest BCUT2D eigenvalue weighted by atomic mass is 9.99. The number of benzene rings is 1. The number of rotatable bonds is 3. The number of carboxylic acids is 1. The summed E-state index contributed by atoms with van der Waals surface area (Å²) in [5.41, 5.74) is -0.958. The Balaban J connectivity index is 2.60. The highest BCUT2D eigenvalue weighted by molar-refractivity contribution is 5.74. The normalized spacial score (nSPS) is 11.1. The van der Waals surface area contributed by atoms with E-state index in [1.165, 1.54) is 35.2 Å². The van der Waals surface area contributed by atoms with E-state index in [1.54, 1.807) is 6.07 Å². The third-order valence-electron chi connectivity index (χ3n) is 2.84. The second-order valence-electron chi connectivity index (χ2n) is 4.31. The van der Waals surface area contributed by atoms with Gasteiger partial charge in [-0.2, -0.15) is 18.4 Å². The molecule has 0 radical (unpaired) electrons. The van der Waals surface area contributed by atoms with E-state index in [9.17, 15) is 18.0 Å². The van der Waals surface area contributed by atoms with Gasteiger partial charge in [0.2, 0.25) is 0 Å². The predicted molar refractivity (Wildman–Crippen MR) is 67.2 cm³/mol. The molecule has 7 heteroatoms. The number of hydrogen-bond acceptors (Lipinski definition) is 2. The van der Waals surface area contributed by atoms with Crippen LogP contribution in [0, 0.1) is 11.3 Å². The molecule has 108 valence electrons. The number of hydrogen-bond donors (Lipinski definition) is 1. The van der Waals surface area contributed by atoms with Gasteiger partial charge in [-0.25, -0.2) is 0 Å². The Bertz CT molecular complexity index is 727. The van der Waals surface area contributed by atoms with Gasteiger partial charge in [0.15, 0.2) is 0 Å². The third-order valence-corrected chi connectivity index (χ3v) is 2.84. The quantitative estimate of drug-likeness (QED) is 0.945. The molecular formula is C14H9F3N2O2. The minimum absolute atomic E-state index is 0.00653. The first kappa shape index (κ1) is 14.7. The van der Waals surface area contributed by atoms with Crippen LogP contribution in [0.25, 0.3) is 11.1 Å². The van der Waals surface area contributed by atoms with Gasteiger partial charge in [-0.05, 0) is 11.6 Å². The molecule has 0 atom stereocenters. The highest BCUT2D eigenvalue weighted by atomic mass is 19.4. The van der Waals surface area contributed by atoms with Crippen molar-refractivity contribution in [1.82, 2.24) is 4.57 Å². The van der Waals surface area contributed by atoms with Crippen molar-refractivity contribution in [2.45, 2.75) is 12.7 Å². The molecule has 1 aromatic carbocycles. The Kier molecular flexibility index (Phi) is 3.72. The zero-order valence-electron chi connectivity index (χ0n) is 10.6. The van der Waals surface area contributed by atoms with Gasteiger partial charge in [-0.1, -0.05) is 18.2 Å². The molecule has 1 aromatic heterocycles. The van der Waals surface area contributed by atoms with E-state index in [0.29, 0.717) is 0 Å². The minimum Gasteiger partial charge on any atom is -0.480 e. The number of nitrogens with zero attached hydrogens (tertiary/aromatic N) is 2. The number of nitriles is 1. The Morgan fingerprint density at radius 1 is 1.24 bits per heavy atom. The Hall–Kier alpha value is -2.75. The number of halogens is 3. The summed E-state index contributed by atoms with van der Waals surface area (Å²) < 4.78 is 40.2. The molecule has 0 spiro atoms. The molecule has 0 aliphatic rings.